The number of aryl methyl sites for hydroxylation is 1. The Labute approximate surface area is 64.0 Å². The van der Waals surface area contributed by atoms with E-state index in [1.165, 1.54) is 11.9 Å². The molecule has 0 spiro atoms. The lowest BCUT2D eigenvalue weighted by atomic mass is 10.4. The maximum atomic E-state index is 10.6. The van der Waals surface area contributed by atoms with Crippen LogP contribution in [0.4, 0.5) is 0 Å². The third-order valence-electron chi connectivity index (χ3n) is 1.21. The molecular formula is C6H9N3O2. The Balaban J connectivity index is 2.29. The lowest BCUT2D eigenvalue weighted by molar-refractivity contribution is -0.140. The topological polar surface area (TPSA) is 57.0 Å². The molecule has 0 fully saturated rings. The number of hydrogen-bond acceptors (Lipinski definition) is 4. The van der Waals surface area contributed by atoms with Crippen LogP contribution in [0.25, 0.3) is 0 Å². The number of ether oxygens (including phenoxy) is 1. The number of hydrogen-bond donors (Lipinski definition) is 0. The van der Waals surface area contributed by atoms with Crippen LogP contribution in [0.5, 0.6) is 0 Å². The smallest absolute Gasteiger partial charge is 0.307 e. The van der Waals surface area contributed by atoms with Gasteiger partial charge in [0.05, 0.1) is 32.5 Å². The Morgan fingerprint density at radius 3 is 2.73 bits per heavy atom. The van der Waals surface area contributed by atoms with Crippen molar-refractivity contribution in [2.45, 2.75) is 13.0 Å². The second kappa shape index (κ2) is 3.70. The molecule has 0 aliphatic heterocycles. The molecule has 0 aliphatic rings. The lowest BCUT2D eigenvalue weighted by Crippen LogP contribution is -2.08. The summed E-state index contributed by atoms with van der Waals surface area (Å²) in [6.07, 6.45) is 3.44. The summed E-state index contributed by atoms with van der Waals surface area (Å²) in [5.74, 6) is -0.248. The first-order valence-electron chi connectivity index (χ1n) is 3.24. The number of carbonyl (C=O) groups is 1. The highest BCUT2D eigenvalue weighted by molar-refractivity contribution is 5.68. The summed E-state index contributed by atoms with van der Waals surface area (Å²) in [6.45, 7) is 0.472. The Kier molecular flexibility index (Phi) is 2.59. The largest absolute Gasteiger partial charge is 0.469 e. The molecule has 1 aromatic rings. The predicted molar refractivity (Wildman–Crippen MR) is 36.7 cm³/mol. The molecule has 1 rings (SSSR count). The summed E-state index contributed by atoms with van der Waals surface area (Å²) in [7, 11) is 1.36. The van der Waals surface area contributed by atoms with Gasteiger partial charge in [0.15, 0.2) is 0 Å². The average molecular weight is 155 g/mol. The van der Waals surface area contributed by atoms with Crippen LogP contribution in [0.2, 0.25) is 0 Å². The number of rotatable bonds is 3. The third kappa shape index (κ3) is 2.37. The fraction of sp³-hybridized carbons (Fsp3) is 0.500. The van der Waals surface area contributed by atoms with Gasteiger partial charge in [-0.15, -0.1) is 0 Å². The predicted octanol–water partition coefficient (Wildman–Crippen LogP) is -0.159. The van der Waals surface area contributed by atoms with E-state index in [1.54, 1.807) is 12.4 Å². The van der Waals surface area contributed by atoms with Gasteiger partial charge in [0.2, 0.25) is 0 Å². The van der Waals surface area contributed by atoms with Crippen LogP contribution in [-0.4, -0.2) is 28.1 Å². The van der Waals surface area contributed by atoms with E-state index < -0.39 is 0 Å². The molecule has 0 radical (unpaired) electrons. The van der Waals surface area contributed by atoms with Crippen molar-refractivity contribution in [2.24, 2.45) is 0 Å². The molecule has 5 heteroatoms. The zero-order valence-corrected chi connectivity index (χ0v) is 6.23. The Morgan fingerprint density at radius 1 is 1.55 bits per heavy atom. The van der Waals surface area contributed by atoms with E-state index in [4.69, 9.17) is 0 Å². The second-order valence-corrected chi connectivity index (χ2v) is 1.95. The van der Waals surface area contributed by atoms with E-state index in [0.29, 0.717) is 13.0 Å². The molecule has 0 saturated carbocycles. The number of carbonyl (C=O) groups excluding carboxylic acids is 1. The molecule has 0 amide bonds. The van der Waals surface area contributed by atoms with E-state index in [1.807, 2.05) is 0 Å². The van der Waals surface area contributed by atoms with Crippen LogP contribution in [-0.2, 0) is 16.1 Å². The van der Waals surface area contributed by atoms with E-state index in [0.717, 1.165) is 0 Å². The Morgan fingerprint density at radius 2 is 2.18 bits per heavy atom. The normalized spacial score (nSPS) is 9.55. The van der Waals surface area contributed by atoms with Crippen LogP contribution in [0, 0.1) is 0 Å². The van der Waals surface area contributed by atoms with Crippen molar-refractivity contribution in [2.75, 3.05) is 7.11 Å². The van der Waals surface area contributed by atoms with Gasteiger partial charge in [0, 0.05) is 0 Å². The summed E-state index contributed by atoms with van der Waals surface area (Å²) < 4.78 is 4.44. The summed E-state index contributed by atoms with van der Waals surface area (Å²) in [6, 6.07) is 0. The number of nitrogens with zero attached hydrogens (tertiary/aromatic N) is 3. The molecule has 0 aromatic carbocycles. The zero-order chi connectivity index (χ0) is 8.10. The number of aromatic nitrogens is 3. The molecule has 5 nitrogen and oxygen atoms in total. The molecule has 60 valence electrons. The quantitative estimate of drug-likeness (QED) is 0.569. The molecule has 0 aliphatic carbocycles. The Bertz CT molecular complexity index is 220. The van der Waals surface area contributed by atoms with Crippen molar-refractivity contribution in [3.8, 4) is 0 Å². The molecule has 0 unspecified atom stereocenters. The van der Waals surface area contributed by atoms with Gasteiger partial charge in [-0.3, -0.25) is 4.79 Å². The van der Waals surface area contributed by atoms with Gasteiger partial charge in [-0.1, -0.05) is 0 Å². The van der Waals surface area contributed by atoms with Crippen LogP contribution in [0.15, 0.2) is 12.4 Å². The average Bonchev–Trinajstić information content (AvgIpc) is 2.52. The number of esters is 1. The monoisotopic (exact) mass is 155 g/mol. The molecule has 0 atom stereocenters. The van der Waals surface area contributed by atoms with Gasteiger partial charge in [-0.25, -0.2) is 0 Å². The van der Waals surface area contributed by atoms with Crippen molar-refractivity contribution in [1.82, 2.24) is 15.0 Å². The van der Waals surface area contributed by atoms with Crippen molar-refractivity contribution in [1.29, 1.82) is 0 Å². The van der Waals surface area contributed by atoms with Gasteiger partial charge in [0.25, 0.3) is 0 Å². The zero-order valence-electron chi connectivity index (χ0n) is 6.23. The highest BCUT2D eigenvalue weighted by atomic mass is 16.5. The maximum Gasteiger partial charge on any atom is 0.307 e. The van der Waals surface area contributed by atoms with Crippen molar-refractivity contribution < 1.29 is 9.53 Å². The van der Waals surface area contributed by atoms with Crippen molar-refractivity contribution in [3.05, 3.63) is 12.4 Å². The molecule has 1 heterocycles. The van der Waals surface area contributed by atoms with Gasteiger partial charge < -0.3 is 4.74 Å². The summed E-state index contributed by atoms with van der Waals surface area (Å²) in [5.41, 5.74) is 0. The SMILES string of the molecule is COC(=O)CCn1nccn1. The molecule has 0 N–H and O–H groups in total. The minimum Gasteiger partial charge on any atom is -0.469 e. The van der Waals surface area contributed by atoms with E-state index in [2.05, 4.69) is 14.9 Å². The fourth-order valence-electron chi connectivity index (χ4n) is 0.652. The first-order chi connectivity index (χ1) is 5.33. The minimum atomic E-state index is -0.248. The molecule has 1 aromatic heterocycles. The van der Waals surface area contributed by atoms with Gasteiger partial charge in [-0.05, 0) is 0 Å². The molecule has 0 saturated heterocycles. The maximum absolute atomic E-state index is 10.6. The third-order valence-corrected chi connectivity index (χ3v) is 1.21. The van der Waals surface area contributed by atoms with Crippen molar-refractivity contribution >= 4 is 5.97 Å². The Hall–Kier alpha value is -1.39. The first-order valence-corrected chi connectivity index (χ1v) is 3.24. The van der Waals surface area contributed by atoms with E-state index in [-0.39, 0.29) is 5.97 Å². The summed E-state index contributed by atoms with van der Waals surface area (Å²) in [4.78, 5) is 12.1. The van der Waals surface area contributed by atoms with Crippen LogP contribution < -0.4 is 0 Å². The fourth-order valence-corrected chi connectivity index (χ4v) is 0.652. The first kappa shape index (κ1) is 7.71. The van der Waals surface area contributed by atoms with Crippen LogP contribution in [0.3, 0.4) is 0 Å². The molecular weight excluding hydrogens is 146 g/mol. The van der Waals surface area contributed by atoms with Crippen molar-refractivity contribution in [3.63, 3.8) is 0 Å². The molecule has 11 heavy (non-hydrogen) atoms. The van der Waals surface area contributed by atoms with Crippen LogP contribution in [0.1, 0.15) is 6.42 Å². The van der Waals surface area contributed by atoms with Gasteiger partial charge >= 0.3 is 5.97 Å². The van der Waals surface area contributed by atoms with E-state index in [9.17, 15) is 4.79 Å². The summed E-state index contributed by atoms with van der Waals surface area (Å²) >= 11 is 0. The van der Waals surface area contributed by atoms with Crippen LogP contribution >= 0.6 is 0 Å². The lowest BCUT2D eigenvalue weighted by Gasteiger charge is -1.97. The second-order valence-electron chi connectivity index (χ2n) is 1.95. The van der Waals surface area contributed by atoms with Gasteiger partial charge in [0.1, 0.15) is 0 Å². The minimum absolute atomic E-state index is 0.248. The summed E-state index contributed by atoms with van der Waals surface area (Å²) in [5, 5.41) is 7.64. The van der Waals surface area contributed by atoms with Gasteiger partial charge in [-0.2, -0.15) is 15.0 Å². The standard InChI is InChI=1S/C6H9N3O2/c1-11-6(10)2-5-9-7-3-4-8-9/h3-4H,2,5H2,1H3. The highest BCUT2D eigenvalue weighted by Crippen LogP contribution is 1.87. The number of methoxy groups -OCH3 is 1. The highest BCUT2D eigenvalue weighted by Gasteiger charge is 2.00. The van der Waals surface area contributed by atoms with E-state index >= 15 is 0 Å². The molecule has 0 bridgehead atoms.